The summed E-state index contributed by atoms with van der Waals surface area (Å²) in [6, 6.07) is 14.4. The Labute approximate surface area is 171 Å². The molecular weight excluding hydrogens is 445 g/mol. The number of hydrogen-bond donors (Lipinski definition) is 2. The average molecular weight is 471 g/mol. The lowest BCUT2D eigenvalue weighted by molar-refractivity contribution is 0.825. The molecule has 5 nitrogen and oxygen atoms in total. The molecule has 0 unspecified atom stereocenters. The minimum absolute atomic E-state index is 0. The first-order chi connectivity index (χ1) is 11.7. The van der Waals surface area contributed by atoms with E-state index in [0.29, 0.717) is 6.54 Å². The summed E-state index contributed by atoms with van der Waals surface area (Å²) in [5.41, 5.74) is 1.14. The number of nitrogens with one attached hydrogen (secondary N) is 2. The van der Waals surface area contributed by atoms with Crippen LogP contribution in [-0.2, 0) is 6.54 Å². The van der Waals surface area contributed by atoms with Crippen LogP contribution in [0.25, 0.3) is 0 Å². The Morgan fingerprint density at radius 3 is 2.56 bits per heavy atom. The maximum atomic E-state index is 4.41. The van der Waals surface area contributed by atoms with Crippen molar-refractivity contribution in [1.82, 2.24) is 15.6 Å². The summed E-state index contributed by atoms with van der Waals surface area (Å²) in [6.07, 6.45) is 1.81. The third-order valence-corrected chi connectivity index (χ3v) is 4.38. The molecule has 0 saturated carbocycles. The first kappa shape index (κ1) is 21.6. The normalized spacial score (nSPS) is 10.8. The second-order valence-corrected chi connectivity index (χ2v) is 6.56. The molecule has 1 heterocycles. The number of halogens is 1. The van der Waals surface area contributed by atoms with Gasteiger partial charge in [-0.15, -0.1) is 35.7 Å². The molecule has 0 atom stereocenters. The van der Waals surface area contributed by atoms with Crippen LogP contribution in [0.5, 0.6) is 0 Å². The lowest BCUT2D eigenvalue weighted by Crippen LogP contribution is -2.38. The van der Waals surface area contributed by atoms with Gasteiger partial charge in [-0.1, -0.05) is 24.3 Å². The maximum Gasteiger partial charge on any atom is 0.191 e. The molecule has 0 fully saturated rings. The second-order valence-electron chi connectivity index (χ2n) is 5.39. The number of benzene rings is 1. The molecule has 2 aromatic rings. The SMILES string of the molecule is CN=C(NCCSc1ccccc1)NCc1cccnc1N(C)C.I. The Morgan fingerprint density at radius 2 is 1.88 bits per heavy atom. The summed E-state index contributed by atoms with van der Waals surface area (Å²) in [5, 5.41) is 6.69. The zero-order chi connectivity index (χ0) is 17.2. The monoisotopic (exact) mass is 471 g/mol. The number of anilines is 1. The highest BCUT2D eigenvalue weighted by molar-refractivity contribution is 14.0. The highest BCUT2D eigenvalue weighted by Gasteiger charge is 2.06. The number of aliphatic imine (C=N–C) groups is 1. The number of rotatable bonds is 7. The van der Waals surface area contributed by atoms with Crippen LogP contribution in [0.15, 0.2) is 58.5 Å². The van der Waals surface area contributed by atoms with Crippen molar-refractivity contribution >= 4 is 47.5 Å². The van der Waals surface area contributed by atoms with E-state index in [2.05, 4.69) is 50.9 Å². The van der Waals surface area contributed by atoms with E-state index in [1.54, 1.807) is 7.05 Å². The molecule has 0 amide bonds. The fourth-order valence-electron chi connectivity index (χ4n) is 2.23. The fourth-order valence-corrected chi connectivity index (χ4v) is 3.01. The van der Waals surface area contributed by atoms with Crippen molar-refractivity contribution in [2.75, 3.05) is 38.3 Å². The first-order valence-corrected chi connectivity index (χ1v) is 8.93. The summed E-state index contributed by atoms with van der Waals surface area (Å²) in [4.78, 5) is 12.0. The molecule has 2 N–H and O–H groups in total. The van der Waals surface area contributed by atoms with Gasteiger partial charge in [-0.05, 0) is 18.2 Å². The molecule has 1 aromatic heterocycles. The van der Waals surface area contributed by atoms with Gasteiger partial charge in [0, 0.05) is 56.6 Å². The van der Waals surface area contributed by atoms with E-state index in [-0.39, 0.29) is 24.0 Å². The third-order valence-electron chi connectivity index (χ3n) is 3.37. The van der Waals surface area contributed by atoms with Crippen molar-refractivity contribution in [2.45, 2.75) is 11.4 Å². The van der Waals surface area contributed by atoms with Crippen molar-refractivity contribution in [2.24, 2.45) is 4.99 Å². The Kier molecular flexibility index (Phi) is 10.3. The van der Waals surface area contributed by atoms with E-state index < -0.39 is 0 Å². The number of pyridine rings is 1. The molecule has 0 spiro atoms. The number of nitrogens with zero attached hydrogens (tertiary/aromatic N) is 3. The van der Waals surface area contributed by atoms with Crippen LogP contribution in [0.2, 0.25) is 0 Å². The van der Waals surface area contributed by atoms with Crippen LogP contribution >= 0.6 is 35.7 Å². The van der Waals surface area contributed by atoms with Crippen LogP contribution in [0, 0.1) is 0 Å². The summed E-state index contributed by atoms with van der Waals surface area (Å²) < 4.78 is 0. The van der Waals surface area contributed by atoms with Crippen molar-refractivity contribution in [3.05, 3.63) is 54.2 Å². The van der Waals surface area contributed by atoms with Crippen LogP contribution in [0.4, 0.5) is 5.82 Å². The largest absolute Gasteiger partial charge is 0.362 e. The van der Waals surface area contributed by atoms with Gasteiger partial charge in [-0.2, -0.15) is 0 Å². The van der Waals surface area contributed by atoms with Gasteiger partial charge in [0.1, 0.15) is 5.82 Å². The topological polar surface area (TPSA) is 52.6 Å². The smallest absolute Gasteiger partial charge is 0.191 e. The molecule has 0 radical (unpaired) electrons. The van der Waals surface area contributed by atoms with E-state index >= 15 is 0 Å². The second kappa shape index (κ2) is 12.0. The molecule has 0 bridgehead atoms. The van der Waals surface area contributed by atoms with Gasteiger partial charge in [0.15, 0.2) is 5.96 Å². The van der Waals surface area contributed by atoms with Gasteiger partial charge in [-0.3, -0.25) is 4.99 Å². The van der Waals surface area contributed by atoms with E-state index in [1.807, 2.05) is 49.1 Å². The highest BCUT2D eigenvalue weighted by atomic mass is 127. The number of aromatic nitrogens is 1. The Bertz CT molecular complexity index is 649. The summed E-state index contributed by atoms with van der Waals surface area (Å²) >= 11 is 1.83. The van der Waals surface area contributed by atoms with Crippen molar-refractivity contribution in [1.29, 1.82) is 0 Å². The van der Waals surface area contributed by atoms with Crippen LogP contribution < -0.4 is 15.5 Å². The molecule has 1 aromatic carbocycles. The van der Waals surface area contributed by atoms with Gasteiger partial charge in [0.2, 0.25) is 0 Å². The van der Waals surface area contributed by atoms with Gasteiger partial charge in [0.25, 0.3) is 0 Å². The molecule has 0 aliphatic rings. The summed E-state index contributed by atoms with van der Waals surface area (Å²) in [5.74, 6) is 2.76. The predicted octanol–water partition coefficient (Wildman–Crippen LogP) is 3.22. The van der Waals surface area contributed by atoms with Crippen LogP contribution in [0.1, 0.15) is 5.56 Å². The molecule has 0 saturated heterocycles. The van der Waals surface area contributed by atoms with Gasteiger partial charge in [-0.25, -0.2) is 4.98 Å². The molecule has 25 heavy (non-hydrogen) atoms. The minimum Gasteiger partial charge on any atom is -0.362 e. The summed E-state index contributed by atoms with van der Waals surface area (Å²) in [6.45, 7) is 1.54. The first-order valence-electron chi connectivity index (χ1n) is 7.94. The van der Waals surface area contributed by atoms with Crippen LogP contribution in [-0.4, -0.2) is 44.4 Å². The third kappa shape index (κ3) is 7.52. The Morgan fingerprint density at radius 1 is 1.12 bits per heavy atom. The molecule has 136 valence electrons. The zero-order valence-corrected chi connectivity index (χ0v) is 18.0. The maximum absolute atomic E-state index is 4.41. The molecule has 0 aliphatic heterocycles. The Balaban J connectivity index is 0.00000312. The molecule has 7 heteroatoms. The lowest BCUT2D eigenvalue weighted by Gasteiger charge is -2.17. The number of hydrogen-bond acceptors (Lipinski definition) is 4. The van der Waals surface area contributed by atoms with Gasteiger partial charge >= 0.3 is 0 Å². The van der Waals surface area contributed by atoms with Crippen LogP contribution in [0.3, 0.4) is 0 Å². The quantitative estimate of drug-likeness (QED) is 0.214. The average Bonchev–Trinajstić information content (AvgIpc) is 2.62. The van der Waals surface area contributed by atoms with Crippen molar-refractivity contribution in [3.63, 3.8) is 0 Å². The lowest BCUT2D eigenvalue weighted by atomic mass is 10.2. The fraction of sp³-hybridized carbons (Fsp3) is 0.333. The van der Waals surface area contributed by atoms with E-state index in [9.17, 15) is 0 Å². The van der Waals surface area contributed by atoms with E-state index in [0.717, 1.165) is 29.6 Å². The molecule has 2 rings (SSSR count). The van der Waals surface area contributed by atoms with Gasteiger partial charge in [0.05, 0.1) is 0 Å². The van der Waals surface area contributed by atoms with Gasteiger partial charge < -0.3 is 15.5 Å². The standard InChI is InChI=1S/C18H25N5S.HI/c1-19-18(21-12-13-24-16-9-5-4-6-10-16)22-14-15-8-7-11-20-17(15)23(2)3;/h4-11H,12-14H2,1-3H3,(H2,19,21,22);1H. The van der Waals surface area contributed by atoms with Crippen molar-refractivity contribution < 1.29 is 0 Å². The highest BCUT2D eigenvalue weighted by Crippen LogP contribution is 2.16. The van der Waals surface area contributed by atoms with E-state index in [4.69, 9.17) is 0 Å². The van der Waals surface area contributed by atoms with E-state index in [1.165, 1.54) is 4.90 Å². The molecule has 0 aliphatic carbocycles. The van der Waals surface area contributed by atoms with Crippen molar-refractivity contribution in [3.8, 4) is 0 Å². The summed E-state index contributed by atoms with van der Waals surface area (Å²) in [7, 11) is 5.79. The minimum atomic E-state index is 0. The number of guanidine groups is 1. The zero-order valence-electron chi connectivity index (χ0n) is 14.9. The molecular formula is C18H26IN5S. The number of thioether (sulfide) groups is 1. The Hall–Kier alpha value is -1.48. The predicted molar refractivity (Wildman–Crippen MR) is 119 cm³/mol.